The van der Waals surface area contributed by atoms with Crippen LogP contribution >= 0.6 is 0 Å². The van der Waals surface area contributed by atoms with Crippen LogP contribution in [0.2, 0.25) is 0 Å². The highest BCUT2D eigenvalue weighted by Crippen LogP contribution is 2.27. The van der Waals surface area contributed by atoms with E-state index < -0.39 is 0 Å². The van der Waals surface area contributed by atoms with Crippen LogP contribution in [0.4, 0.5) is 5.82 Å². The molecule has 0 fully saturated rings. The van der Waals surface area contributed by atoms with Crippen molar-refractivity contribution < 1.29 is 4.74 Å². The number of benzene rings is 2. The van der Waals surface area contributed by atoms with Gasteiger partial charge in [-0.25, -0.2) is 9.97 Å². The first-order chi connectivity index (χ1) is 15.1. The highest BCUT2D eigenvalue weighted by atomic mass is 16.5. The van der Waals surface area contributed by atoms with E-state index in [9.17, 15) is 0 Å². The van der Waals surface area contributed by atoms with Crippen LogP contribution in [0, 0.1) is 6.92 Å². The van der Waals surface area contributed by atoms with Crippen LogP contribution in [0.3, 0.4) is 0 Å². The van der Waals surface area contributed by atoms with Gasteiger partial charge >= 0.3 is 0 Å². The number of unbranched alkanes of at least 4 members (excludes halogenated alkanes) is 3. The van der Waals surface area contributed by atoms with Crippen molar-refractivity contribution in [1.29, 1.82) is 0 Å². The fourth-order valence-electron chi connectivity index (χ4n) is 3.48. The molecule has 0 aliphatic carbocycles. The Hall–Kier alpha value is -3.08. The summed E-state index contributed by atoms with van der Waals surface area (Å²) in [6, 6.07) is 16.3. The Kier molecular flexibility index (Phi) is 8.27. The molecule has 0 aliphatic rings. The first-order valence-electron chi connectivity index (χ1n) is 11.3. The summed E-state index contributed by atoms with van der Waals surface area (Å²) in [6.07, 6.45) is 7.82. The number of ether oxygens (including phenoxy) is 1. The van der Waals surface area contributed by atoms with Gasteiger partial charge in [-0.05, 0) is 38.0 Å². The number of imidazole rings is 1. The summed E-state index contributed by atoms with van der Waals surface area (Å²) in [4.78, 5) is 8.84. The first-order valence-corrected chi connectivity index (χ1v) is 11.3. The van der Waals surface area contributed by atoms with Gasteiger partial charge in [-0.2, -0.15) is 0 Å². The van der Waals surface area contributed by atoms with Gasteiger partial charge in [0.1, 0.15) is 11.3 Å². The Morgan fingerprint density at radius 2 is 1.68 bits per heavy atom. The quantitative estimate of drug-likeness (QED) is 0.330. The minimum atomic E-state index is 0.517. The molecule has 0 radical (unpaired) electrons. The van der Waals surface area contributed by atoms with Gasteiger partial charge in [0.25, 0.3) is 0 Å². The molecular formula is C26H34N4O. The topological polar surface area (TPSA) is 66.0 Å². The molecule has 5 heteroatoms. The lowest BCUT2D eigenvalue weighted by molar-refractivity contribution is 0.309. The number of rotatable bonds is 8. The molecule has 0 bridgehead atoms. The first kappa shape index (κ1) is 22.6. The van der Waals surface area contributed by atoms with Gasteiger partial charge in [0.2, 0.25) is 0 Å². The van der Waals surface area contributed by atoms with Crippen molar-refractivity contribution in [1.82, 2.24) is 14.5 Å². The maximum atomic E-state index is 6.00. The molecule has 4 aromatic rings. The van der Waals surface area contributed by atoms with Crippen molar-refractivity contribution in [2.45, 2.75) is 59.4 Å². The number of aromatic nitrogens is 3. The van der Waals surface area contributed by atoms with E-state index in [4.69, 9.17) is 10.5 Å². The average molecular weight is 419 g/mol. The van der Waals surface area contributed by atoms with Gasteiger partial charge in [0, 0.05) is 11.9 Å². The summed E-state index contributed by atoms with van der Waals surface area (Å²) in [5.41, 5.74) is 10.1. The smallest absolute Gasteiger partial charge is 0.152 e. The van der Waals surface area contributed by atoms with E-state index in [1.54, 1.807) is 0 Å². The van der Waals surface area contributed by atoms with Crippen molar-refractivity contribution in [3.63, 3.8) is 0 Å². The predicted molar refractivity (Wildman–Crippen MR) is 131 cm³/mol. The number of anilines is 1. The van der Waals surface area contributed by atoms with Crippen LogP contribution in [0.5, 0.6) is 5.75 Å². The minimum Gasteiger partial charge on any atom is -0.494 e. The largest absolute Gasteiger partial charge is 0.494 e. The molecule has 0 spiro atoms. The average Bonchev–Trinajstić information content (AvgIpc) is 3.21. The van der Waals surface area contributed by atoms with E-state index in [1.165, 1.54) is 31.2 Å². The number of aryl methyl sites for hydroxylation is 2. The van der Waals surface area contributed by atoms with Crippen LogP contribution < -0.4 is 10.5 Å². The van der Waals surface area contributed by atoms with E-state index in [1.807, 2.05) is 36.7 Å². The Bertz CT molecular complexity index is 1090. The predicted octanol–water partition coefficient (Wildman–Crippen LogP) is 6.53. The van der Waals surface area contributed by atoms with E-state index in [2.05, 4.69) is 53.5 Å². The summed E-state index contributed by atoms with van der Waals surface area (Å²) in [6.45, 7) is 8.27. The number of nitrogen functional groups attached to an aromatic ring is 1. The standard InChI is InChI=1S/C15H18N4.C11H16O/c1-2-3-6-9-19-10-17-13-14(19)11-7-4-5-8-12(11)18-15(13)16;1-3-4-9-12-11-7-5-10(2)6-8-11/h4-5,7-8,10H,2-3,6,9H2,1H3,(H2,16,18);5-8H,3-4,9H2,1-2H3. The van der Waals surface area contributed by atoms with E-state index in [-0.39, 0.29) is 0 Å². The van der Waals surface area contributed by atoms with E-state index in [0.29, 0.717) is 5.82 Å². The normalized spacial score (nSPS) is 10.8. The number of fused-ring (bicyclic) bond motifs is 3. The number of nitrogens with zero attached hydrogens (tertiary/aromatic N) is 3. The second-order valence-corrected chi connectivity index (χ2v) is 7.87. The highest BCUT2D eigenvalue weighted by Gasteiger charge is 2.11. The Balaban J connectivity index is 0.000000196. The van der Waals surface area contributed by atoms with Crippen LogP contribution in [-0.4, -0.2) is 21.1 Å². The van der Waals surface area contributed by atoms with Gasteiger partial charge < -0.3 is 15.0 Å². The SMILES string of the molecule is CCCCCn1cnc2c(N)nc3ccccc3c21.CCCCOc1ccc(C)cc1. The summed E-state index contributed by atoms with van der Waals surface area (Å²) in [7, 11) is 0. The van der Waals surface area contributed by atoms with Crippen molar-refractivity contribution in [3.8, 4) is 5.75 Å². The molecule has 0 saturated carbocycles. The Morgan fingerprint density at radius 1 is 0.935 bits per heavy atom. The van der Waals surface area contributed by atoms with Crippen LogP contribution in [0.1, 0.15) is 51.5 Å². The molecular weight excluding hydrogens is 384 g/mol. The second kappa shape index (κ2) is 11.3. The van der Waals surface area contributed by atoms with Crippen molar-refractivity contribution >= 4 is 27.8 Å². The van der Waals surface area contributed by atoms with Crippen LogP contribution in [-0.2, 0) is 6.54 Å². The molecule has 4 rings (SSSR count). The number of hydrogen-bond donors (Lipinski definition) is 1. The molecule has 0 unspecified atom stereocenters. The van der Waals surface area contributed by atoms with Gasteiger partial charge in [-0.15, -0.1) is 0 Å². The van der Waals surface area contributed by atoms with Crippen molar-refractivity contribution in [2.75, 3.05) is 12.3 Å². The molecule has 0 amide bonds. The lowest BCUT2D eigenvalue weighted by Gasteiger charge is -2.07. The summed E-state index contributed by atoms with van der Waals surface area (Å²) < 4.78 is 7.70. The molecule has 5 nitrogen and oxygen atoms in total. The maximum absolute atomic E-state index is 6.00. The summed E-state index contributed by atoms with van der Waals surface area (Å²) >= 11 is 0. The maximum Gasteiger partial charge on any atom is 0.152 e. The molecule has 164 valence electrons. The van der Waals surface area contributed by atoms with Gasteiger partial charge in [-0.3, -0.25) is 0 Å². The van der Waals surface area contributed by atoms with Crippen molar-refractivity contribution in [2.24, 2.45) is 0 Å². The third-order valence-corrected chi connectivity index (χ3v) is 5.27. The molecule has 31 heavy (non-hydrogen) atoms. The molecule has 2 heterocycles. The molecule has 0 saturated heterocycles. The lowest BCUT2D eigenvalue weighted by Crippen LogP contribution is -1.98. The highest BCUT2D eigenvalue weighted by molar-refractivity contribution is 6.06. The zero-order chi connectivity index (χ0) is 22.1. The van der Waals surface area contributed by atoms with Gasteiger partial charge in [0.15, 0.2) is 5.82 Å². The molecule has 2 N–H and O–H groups in total. The summed E-state index contributed by atoms with van der Waals surface area (Å²) in [5.74, 6) is 1.50. The van der Waals surface area contributed by atoms with Crippen LogP contribution in [0.15, 0.2) is 54.9 Å². The summed E-state index contributed by atoms with van der Waals surface area (Å²) in [5, 5.41) is 1.13. The second-order valence-electron chi connectivity index (χ2n) is 7.87. The zero-order valence-corrected chi connectivity index (χ0v) is 19.0. The van der Waals surface area contributed by atoms with Gasteiger partial charge in [-0.1, -0.05) is 69.0 Å². The van der Waals surface area contributed by atoms with Gasteiger partial charge in [0.05, 0.1) is 24.0 Å². The number of pyridine rings is 1. The Morgan fingerprint density at radius 3 is 2.42 bits per heavy atom. The van der Waals surface area contributed by atoms with Crippen molar-refractivity contribution in [3.05, 3.63) is 60.4 Å². The number of hydrogen-bond acceptors (Lipinski definition) is 4. The Labute approximate surface area is 185 Å². The molecule has 2 aromatic heterocycles. The van der Waals surface area contributed by atoms with E-state index in [0.717, 1.165) is 47.3 Å². The third kappa shape index (κ3) is 5.97. The fourth-order valence-corrected chi connectivity index (χ4v) is 3.48. The van der Waals surface area contributed by atoms with Crippen LogP contribution in [0.25, 0.3) is 21.9 Å². The minimum absolute atomic E-state index is 0.517. The molecule has 0 atom stereocenters. The molecule has 2 aromatic carbocycles. The number of nitrogens with two attached hydrogens (primary N) is 1. The third-order valence-electron chi connectivity index (χ3n) is 5.27. The zero-order valence-electron chi connectivity index (χ0n) is 19.0. The molecule has 0 aliphatic heterocycles. The number of para-hydroxylation sites is 1. The monoisotopic (exact) mass is 418 g/mol. The lowest BCUT2D eigenvalue weighted by atomic mass is 10.2. The van der Waals surface area contributed by atoms with E-state index >= 15 is 0 Å². The fraction of sp³-hybridized carbons (Fsp3) is 0.385.